The van der Waals surface area contributed by atoms with E-state index < -0.39 is 0 Å². The standard InChI is InChI=1S/C49H35BN2O.C43H30BNO.C39H38BNO/c1-34-30-46-49-48(31-34)53-47-33-40(51(38-20-10-4-11-21-38)39-22-12-5-13-23-39)27-29-43(47)50(49)42-28-26-37(35-16-6-2-7-17-35)32-45(42)52(46)44-25-15-14-24-41(44)36-18-8-3-9-19-36;1-29-25-40-43-42(26-29)46-41-24-22-33(30-13-5-2-6-14-30)27-37(41)44(43)36-23-21-34(31-15-7-3-8-16-31)28-39(36)45(40)38-20-12-11-19-35(38)32-17-9-4-10-18-32;1-25-21-34-37-36(22-25)42-35-20-18-27(38(2,3)4)23-31(35)40(37)30-19-17-28(39(5,6)7)24-33(30)41(34)32-16-12-11-15-29(32)26-13-9-8-10-14-26/h2-33H,1H3;2-28H,1H3;8-24H,1-7H3. The second-order valence-corrected chi connectivity index (χ2v) is 40.0. The lowest BCUT2D eigenvalue weighted by molar-refractivity contribution is 0.486. The van der Waals surface area contributed by atoms with Crippen LogP contribution in [0.2, 0.25) is 0 Å². The third-order valence-corrected chi connectivity index (χ3v) is 28.8. The van der Waals surface area contributed by atoms with Crippen molar-refractivity contribution in [3.63, 3.8) is 0 Å². The number of ether oxygens (including phenoxy) is 3. The van der Waals surface area contributed by atoms with Crippen LogP contribution in [0.1, 0.15) is 69.4 Å². The minimum atomic E-state index is -0.0136. The van der Waals surface area contributed by atoms with Gasteiger partial charge in [-0.3, -0.25) is 0 Å². The Bertz CT molecular complexity index is 8180. The maximum absolute atomic E-state index is 7.02. The summed E-state index contributed by atoms with van der Waals surface area (Å²) in [5.41, 5.74) is 45.5. The first-order valence-corrected chi connectivity index (χ1v) is 49.2. The van der Waals surface area contributed by atoms with E-state index in [1.54, 1.807) is 0 Å². The summed E-state index contributed by atoms with van der Waals surface area (Å²) in [5, 5.41) is 0. The third kappa shape index (κ3) is 15.8. The SMILES string of the molecule is Cc1cc2c3c(c1)N(c1ccccc1-c1ccccc1)c1cc(-c4ccccc4)ccc1B3c1cc(-c3ccccc3)ccc1O2.Cc1cc2c3c(c1)N(c1ccccc1-c1ccccc1)c1cc(-c4ccccc4)ccc1B3c1ccc(N(c3ccccc3)c3ccccc3)cc1O2.Cc1cc2c3c(c1)N(c1ccccc1-c1ccccc1)c1cc(C(C)(C)C)ccc1B3c1cc(C(C)(C)C)ccc1O2. The molecule has 0 N–H and O–H groups in total. The summed E-state index contributed by atoms with van der Waals surface area (Å²) >= 11 is 0. The molecule has 20 aromatic carbocycles. The molecule has 0 unspecified atom stereocenters. The fourth-order valence-corrected chi connectivity index (χ4v) is 22.1. The summed E-state index contributed by atoms with van der Waals surface area (Å²) in [7, 11) is 0. The van der Waals surface area contributed by atoms with Crippen molar-refractivity contribution in [2.75, 3.05) is 19.6 Å². The van der Waals surface area contributed by atoms with Gasteiger partial charge in [0.25, 0.3) is 20.1 Å². The van der Waals surface area contributed by atoms with Crippen molar-refractivity contribution in [2.45, 2.75) is 73.1 Å². The molecule has 0 amide bonds. The maximum Gasteiger partial charge on any atom is 0.256 e. The molecule has 674 valence electrons. The number of aryl methyl sites for hydroxylation is 3. The number of fused-ring (bicyclic) bond motifs is 12. The number of rotatable bonds is 12. The van der Waals surface area contributed by atoms with Gasteiger partial charge < -0.3 is 33.8 Å². The molecule has 0 saturated carbocycles. The first-order chi connectivity index (χ1) is 68.9. The Labute approximate surface area is 828 Å². The highest BCUT2D eigenvalue weighted by Crippen LogP contribution is 2.52. The normalized spacial score (nSPS) is 12.8. The summed E-state index contributed by atoms with van der Waals surface area (Å²) in [6.45, 7) is 20.4. The molecular formula is C131H103B3N4O3. The Morgan fingerprint density at radius 2 is 0.482 bits per heavy atom. The van der Waals surface area contributed by atoms with Crippen molar-refractivity contribution in [2.24, 2.45) is 0 Å². The zero-order valence-corrected chi connectivity index (χ0v) is 80.6. The van der Waals surface area contributed by atoms with Gasteiger partial charge in [-0.2, -0.15) is 0 Å². The van der Waals surface area contributed by atoms with E-state index in [-0.39, 0.29) is 31.0 Å². The number of hydrogen-bond acceptors (Lipinski definition) is 7. The first kappa shape index (κ1) is 87.0. The number of hydrogen-bond donors (Lipinski definition) is 0. The van der Waals surface area contributed by atoms with E-state index in [4.69, 9.17) is 14.2 Å². The third-order valence-electron chi connectivity index (χ3n) is 28.8. The van der Waals surface area contributed by atoms with Gasteiger partial charge in [0.2, 0.25) is 0 Å². The Kier molecular flexibility index (Phi) is 22.0. The van der Waals surface area contributed by atoms with Crippen LogP contribution < -0.4 is 83.0 Å². The van der Waals surface area contributed by atoms with E-state index >= 15 is 0 Å². The zero-order valence-electron chi connectivity index (χ0n) is 80.6. The quantitative estimate of drug-likeness (QED) is 0.113. The lowest BCUT2D eigenvalue weighted by Gasteiger charge is -2.41. The molecule has 0 saturated heterocycles. The average molecular weight is 1810 g/mol. The fraction of sp³-hybridized carbons (Fsp3) is 0.0840. The van der Waals surface area contributed by atoms with E-state index in [1.165, 1.54) is 161 Å². The van der Waals surface area contributed by atoms with Gasteiger partial charge in [-0.25, -0.2) is 0 Å². The summed E-state index contributed by atoms with van der Waals surface area (Å²) in [6.07, 6.45) is 0. The van der Waals surface area contributed by atoms with Gasteiger partial charge in [0.15, 0.2) is 0 Å². The molecule has 0 atom stereocenters. The minimum Gasteiger partial charge on any atom is -0.458 e. The molecular weight excluding hydrogens is 1710 g/mol. The smallest absolute Gasteiger partial charge is 0.256 e. The van der Waals surface area contributed by atoms with Crippen LogP contribution in [-0.4, -0.2) is 20.1 Å². The molecule has 10 heteroatoms. The van der Waals surface area contributed by atoms with Crippen molar-refractivity contribution in [1.29, 1.82) is 0 Å². The van der Waals surface area contributed by atoms with Crippen molar-refractivity contribution >= 4 is 138 Å². The fourth-order valence-electron chi connectivity index (χ4n) is 22.1. The topological polar surface area (TPSA) is 40.7 Å². The highest BCUT2D eigenvalue weighted by Gasteiger charge is 2.48. The summed E-state index contributed by atoms with van der Waals surface area (Å²) in [6, 6.07) is 167. The molecule has 0 aliphatic carbocycles. The number of nitrogens with zero attached hydrogens (tertiary/aromatic N) is 4. The van der Waals surface area contributed by atoms with Crippen molar-refractivity contribution in [3.8, 4) is 101 Å². The van der Waals surface area contributed by atoms with Crippen LogP contribution in [0.4, 0.5) is 68.2 Å². The number of anilines is 12. The van der Waals surface area contributed by atoms with Crippen LogP contribution in [0.3, 0.4) is 0 Å². The Morgan fingerprint density at radius 3 is 0.872 bits per heavy atom. The highest BCUT2D eigenvalue weighted by atomic mass is 16.5. The molecule has 6 heterocycles. The van der Waals surface area contributed by atoms with E-state index in [1.807, 2.05) is 0 Å². The van der Waals surface area contributed by atoms with Crippen LogP contribution in [0.5, 0.6) is 34.5 Å². The van der Waals surface area contributed by atoms with Gasteiger partial charge in [-0.05, 0) is 274 Å². The van der Waals surface area contributed by atoms with Crippen LogP contribution in [-0.2, 0) is 10.8 Å². The number of para-hydroxylation sites is 5. The van der Waals surface area contributed by atoms with Crippen molar-refractivity contribution in [3.05, 3.63) is 489 Å². The zero-order chi connectivity index (χ0) is 95.3. The molecule has 141 heavy (non-hydrogen) atoms. The predicted octanol–water partition coefficient (Wildman–Crippen LogP) is 29.3. The van der Waals surface area contributed by atoms with Crippen LogP contribution in [0, 0.1) is 20.8 Å². The lowest BCUT2D eigenvalue weighted by atomic mass is 9.34. The minimum absolute atomic E-state index is 0.0136. The number of benzene rings is 20. The molecule has 7 nitrogen and oxygen atoms in total. The van der Waals surface area contributed by atoms with Crippen LogP contribution >= 0.6 is 0 Å². The van der Waals surface area contributed by atoms with Gasteiger partial charge >= 0.3 is 0 Å². The van der Waals surface area contributed by atoms with E-state index in [0.29, 0.717) is 0 Å². The largest absolute Gasteiger partial charge is 0.458 e. The molecule has 0 aromatic heterocycles. The lowest BCUT2D eigenvalue weighted by Crippen LogP contribution is -2.59. The molecule has 6 aliphatic rings. The summed E-state index contributed by atoms with van der Waals surface area (Å²) in [4.78, 5) is 9.74. The van der Waals surface area contributed by atoms with Gasteiger partial charge in [-0.1, -0.05) is 381 Å². The summed E-state index contributed by atoms with van der Waals surface area (Å²) < 4.78 is 20.5. The molecule has 0 bridgehead atoms. The predicted molar refractivity (Wildman–Crippen MR) is 596 cm³/mol. The van der Waals surface area contributed by atoms with E-state index in [2.05, 4.69) is 543 Å². The second kappa shape index (κ2) is 35.6. The van der Waals surface area contributed by atoms with Crippen LogP contribution in [0.15, 0.2) is 461 Å². The molecule has 6 aliphatic heterocycles. The van der Waals surface area contributed by atoms with Gasteiger partial charge in [0.1, 0.15) is 34.5 Å². The van der Waals surface area contributed by atoms with Gasteiger partial charge in [0.05, 0.1) is 17.1 Å². The first-order valence-electron chi connectivity index (χ1n) is 49.2. The van der Waals surface area contributed by atoms with Crippen molar-refractivity contribution in [1.82, 2.24) is 0 Å². The Hall–Kier alpha value is -16.8. The van der Waals surface area contributed by atoms with Crippen LogP contribution in [0.25, 0.3) is 66.8 Å². The molecule has 0 fully saturated rings. The monoisotopic (exact) mass is 1810 g/mol. The van der Waals surface area contributed by atoms with E-state index in [0.717, 1.165) is 85.3 Å². The Balaban J connectivity index is 0.000000115. The van der Waals surface area contributed by atoms with E-state index in [9.17, 15) is 0 Å². The molecule has 20 aromatic rings. The van der Waals surface area contributed by atoms with Crippen molar-refractivity contribution < 1.29 is 14.2 Å². The molecule has 0 spiro atoms. The summed E-state index contributed by atoms with van der Waals surface area (Å²) in [5.74, 6) is 5.55. The highest BCUT2D eigenvalue weighted by molar-refractivity contribution is 7.01. The van der Waals surface area contributed by atoms with Gasteiger partial charge in [0, 0.05) is 73.9 Å². The second-order valence-electron chi connectivity index (χ2n) is 40.0. The average Bonchev–Trinajstić information content (AvgIpc) is 0.706. The molecule has 26 rings (SSSR count). The Morgan fingerprint density at radius 1 is 0.191 bits per heavy atom. The maximum atomic E-state index is 7.02. The molecule has 0 radical (unpaired) electrons. The van der Waals surface area contributed by atoms with Gasteiger partial charge in [-0.15, -0.1) is 0 Å².